The van der Waals surface area contributed by atoms with Crippen LogP contribution in [0.15, 0.2) is 71.3 Å². The van der Waals surface area contributed by atoms with Gasteiger partial charge < -0.3 is 19.0 Å². The number of fused-ring (bicyclic) bond motifs is 1. The number of hydrogen-bond donors (Lipinski definition) is 1. The molecule has 0 saturated carbocycles. The Morgan fingerprint density at radius 1 is 1.15 bits per heavy atom. The van der Waals surface area contributed by atoms with E-state index in [1.165, 1.54) is 12.8 Å². The van der Waals surface area contributed by atoms with Crippen LogP contribution in [0.1, 0.15) is 40.5 Å². The molecular weight excluding hydrogens is 416 g/mol. The summed E-state index contributed by atoms with van der Waals surface area (Å²) >= 11 is 0. The molecule has 0 saturated heterocycles. The van der Waals surface area contributed by atoms with E-state index in [1.54, 1.807) is 36.4 Å². The zero-order valence-electron chi connectivity index (χ0n) is 18.0. The van der Waals surface area contributed by atoms with Gasteiger partial charge in [-0.25, -0.2) is 4.98 Å². The first-order valence-corrected chi connectivity index (χ1v) is 10.9. The zero-order valence-corrected chi connectivity index (χ0v) is 18.0. The van der Waals surface area contributed by atoms with E-state index in [0.717, 1.165) is 30.0 Å². The van der Waals surface area contributed by atoms with Crippen molar-refractivity contribution in [3.63, 3.8) is 0 Å². The molecule has 7 nitrogen and oxygen atoms in total. The number of furan rings is 1. The minimum Gasteiger partial charge on any atom is -0.486 e. The highest BCUT2D eigenvalue weighted by atomic mass is 16.5. The molecule has 0 fully saturated rings. The third-order valence-corrected chi connectivity index (χ3v) is 5.57. The number of ether oxygens (including phenoxy) is 1. The van der Waals surface area contributed by atoms with E-state index in [1.807, 2.05) is 24.3 Å². The predicted octanol–water partition coefficient (Wildman–Crippen LogP) is 5.18. The van der Waals surface area contributed by atoms with E-state index in [0.29, 0.717) is 22.8 Å². The van der Waals surface area contributed by atoms with Gasteiger partial charge in [0.15, 0.2) is 5.76 Å². The molecule has 0 radical (unpaired) electrons. The fraction of sp³-hybridized carbons (Fsp3) is 0.192. The molecule has 33 heavy (non-hydrogen) atoms. The van der Waals surface area contributed by atoms with Gasteiger partial charge in [0, 0.05) is 30.4 Å². The highest BCUT2D eigenvalue weighted by Gasteiger charge is 2.15. The molecule has 0 spiro atoms. The molecule has 0 unspecified atom stereocenters. The van der Waals surface area contributed by atoms with Crippen molar-refractivity contribution < 1.29 is 13.9 Å². The third-order valence-electron chi connectivity index (χ3n) is 5.57. The molecule has 164 valence electrons. The Balaban J connectivity index is 1.23. The van der Waals surface area contributed by atoms with Gasteiger partial charge in [-0.2, -0.15) is 5.26 Å². The first-order valence-electron chi connectivity index (χ1n) is 10.9. The van der Waals surface area contributed by atoms with Crippen molar-refractivity contribution in [3.8, 4) is 23.1 Å². The fourth-order valence-corrected chi connectivity index (χ4v) is 3.86. The van der Waals surface area contributed by atoms with Crippen LogP contribution in [-0.2, 0) is 19.6 Å². The normalized spacial score (nSPS) is 12.6. The molecule has 1 amide bonds. The fourth-order valence-electron chi connectivity index (χ4n) is 3.86. The Bertz CT molecular complexity index is 1300. The van der Waals surface area contributed by atoms with Crippen LogP contribution < -0.4 is 10.1 Å². The highest BCUT2D eigenvalue weighted by molar-refractivity contribution is 6.02. The van der Waals surface area contributed by atoms with Gasteiger partial charge in [0.05, 0.1) is 17.3 Å². The Hall–Kier alpha value is -4.31. The molecule has 0 aliphatic carbocycles. The minimum absolute atomic E-state index is 0.180. The smallest absolute Gasteiger partial charge is 0.291 e. The molecule has 2 aromatic heterocycles. The molecule has 1 N–H and O–H groups in total. The number of aromatic nitrogens is 2. The number of nitrogens with one attached hydrogen (secondary N) is 1. The summed E-state index contributed by atoms with van der Waals surface area (Å²) in [6.07, 6.45) is 5.45. The van der Waals surface area contributed by atoms with Crippen LogP contribution in [0, 0.1) is 11.3 Å². The first-order chi connectivity index (χ1) is 16.2. The number of carbonyl (C=O) groups excluding carboxylic acids is 1. The topological polar surface area (TPSA) is 93.1 Å². The van der Waals surface area contributed by atoms with Gasteiger partial charge in [-0.1, -0.05) is 12.1 Å². The van der Waals surface area contributed by atoms with Crippen LogP contribution in [0.5, 0.6) is 5.75 Å². The van der Waals surface area contributed by atoms with Crippen LogP contribution in [0.2, 0.25) is 0 Å². The maximum absolute atomic E-state index is 12.7. The predicted molar refractivity (Wildman–Crippen MR) is 123 cm³/mol. The summed E-state index contributed by atoms with van der Waals surface area (Å²) in [5.41, 5.74) is 3.13. The quantitative estimate of drug-likeness (QED) is 0.448. The number of aryl methyl sites for hydroxylation is 2. The van der Waals surface area contributed by atoms with Crippen LogP contribution in [0.3, 0.4) is 0 Å². The highest BCUT2D eigenvalue weighted by Crippen LogP contribution is 2.25. The SMILES string of the molecule is N#Cc1ccc(OCc2ccc(C(=O)Nc3cccc(-c4cn5c(n4)CCCC5)c3)o2)cc1. The zero-order chi connectivity index (χ0) is 22.6. The van der Waals surface area contributed by atoms with Gasteiger partial charge in [-0.3, -0.25) is 4.79 Å². The van der Waals surface area contributed by atoms with Crippen molar-refractivity contribution in [2.75, 3.05) is 5.32 Å². The molecule has 5 rings (SSSR count). The van der Waals surface area contributed by atoms with Crippen LogP contribution in [-0.4, -0.2) is 15.5 Å². The number of amides is 1. The molecular formula is C26H22N4O3. The summed E-state index contributed by atoms with van der Waals surface area (Å²) in [6.45, 7) is 1.19. The Morgan fingerprint density at radius 3 is 2.85 bits per heavy atom. The molecule has 1 aliphatic rings. The lowest BCUT2D eigenvalue weighted by molar-refractivity contribution is 0.0992. The van der Waals surface area contributed by atoms with Gasteiger partial charge in [0.25, 0.3) is 5.91 Å². The Kier molecular flexibility index (Phi) is 5.64. The molecule has 0 atom stereocenters. The first kappa shape index (κ1) is 20.6. The maximum atomic E-state index is 12.7. The van der Waals surface area contributed by atoms with Gasteiger partial charge >= 0.3 is 0 Å². The van der Waals surface area contributed by atoms with Gasteiger partial charge in [-0.05, 0) is 61.4 Å². The van der Waals surface area contributed by atoms with Crippen LogP contribution in [0.4, 0.5) is 5.69 Å². The van der Waals surface area contributed by atoms with Crippen molar-refractivity contribution in [3.05, 3.63) is 89.8 Å². The minimum atomic E-state index is -0.332. The maximum Gasteiger partial charge on any atom is 0.291 e. The van der Waals surface area contributed by atoms with E-state index in [4.69, 9.17) is 19.4 Å². The molecule has 0 bridgehead atoms. The van der Waals surface area contributed by atoms with Crippen molar-refractivity contribution >= 4 is 11.6 Å². The lowest BCUT2D eigenvalue weighted by Gasteiger charge is -2.11. The summed E-state index contributed by atoms with van der Waals surface area (Å²) in [7, 11) is 0. The summed E-state index contributed by atoms with van der Waals surface area (Å²) < 4.78 is 13.5. The summed E-state index contributed by atoms with van der Waals surface area (Å²) in [5.74, 6) is 2.14. The monoisotopic (exact) mass is 438 g/mol. The number of carbonyl (C=O) groups is 1. The van der Waals surface area contributed by atoms with Crippen molar-refractivity contribution in [2.24, 2.45) is 0 Å². The van der Waals surface area contributed by atoms with Crippen LogP contribution in [0.25, 0.3) is 11.3 Å². The number of anilines is 1. The number of nitrogens with zero attached hydrogens (tertiary/aromatic N) is 3. The van der Waals surface area contributed by atoms with E-state index in [-0.39, 0.29) is 18.3 Å². The number of benzene rings is 2. The third kappa shape index (κ3) is 4.65. The van der Waals surface area contributed by atoms with E-state index in [2.05, 4.69) is 22.1 Å². The summed E-state index contributed by atoms with van der Waals surface area (Å²) in [6, 6.07) is 19.9. The summed E-state index contributed by atoms with van der Waals surface area (Å²) in [4.78, 5) is 17.4. The van der Waals surface area contributed by atoms with Gasteiger partial charge in [0.2, 0.25) is 0 Å². The average Bonchev–Trinajstić information content (AvgIpc) is 3.51. The molecule has 3 heterocycles. The second kappa shape index (κ2) is 9.05. The Labute approximate surface area is 191 Å². The largest absolute Gasteiger partial charge is 0.486 e. The summed E-state index contributed by atoms with van der Waals surface area (Å²) in [5, 5.41) is 11.7. The van der Waals surface area contributed by atoms with E-state index < -0.39 is 0 Å². The van der Waals surface area contributed by atoms with Gasteiger partial charge in [-0.15, -0.1) is 0 Å². The Morgan fingerprint density at radius 2 is 2.03 bits per heavy atom. The molecule has 7 heteroatoms. The average molecular weight is 438 g/mol. The second-order valence-electron chi connectivity index (χ2n) is 7.92. The number of rotatable bonds is 6. The van der Waals surface area contributed by atoms with Crippen molar-refractivity contribution in [2.45, 2.75) is 32.4 Å². The lowest BCUT2D eigenvalue weighted by Crippen LogP contribution is -2.10. The molecule has 1 aliphatic heterocycles. The van der Waals surface area contributed by atoms with E-state index >= 15 is 0 Å². The van der Waals surface area contributed by atoms with Crippen LogP contribution >= 0.6 is 0 Å². The molecule has 4 aromatic rings. The lowest BCUT2D eigenvalue weighted by atomic mass is 10.1. The van der Waals surface area contributed by atoms with E-state index in [9.17, 15) is 4.79 Å². The second-order valence-corrected chi connectivity index (χ2v) is 7.92. The van der Waals surface area contributed by atoms with Crippen molar-refractivity contribution in [1.29, 1.82) is 5.26 Å². The van der Waals surface area contributed by atoms with Crippen molar-refractivity contribution in [1.82, 2.24) is 9.55 Å². The number of hydrogen-bond acceptors (Lipinski definition) is 5. The van der Waals surface area contributed by atoms with Gasteiger partial charge in [0.1, 0.15) is 23.9 Å². The standard InChI is InChI=1S/C26H22N4O3/c27-15-18-7-9-21(10-8-18)32-17-22-11-12-24(33-22)26(31)28-20-5-3-4-19(14-20)23-16-30-13-2-1-6-25(30)29-23/h3-5,7-12,14,16H,1-2,6,13,17H2,(H,28,31). The number of nitriles is 1. The number of imidazole rings is 1. The molecule has 2 aromatic carbocycles.